The molecule has 0 fully saturated rings. The molecule has 19 heavy (non-hydrogen) atoms. The molecule has 0 heterocycles. The van der Waals surface area contributed by atoms with Crippen LogP contribution in [0.4, 0.5) is 0 Å². The Balaban J connectivity index is 2.27. The molecular formula is C18H25N. The molecule has 0 saturated heterocycles. The summed E-state index contributed by atoms with van der Waals surface area (Å²) in [7, 11) is 0. The average molecular weight is 255 g/mol. The van der Waals surface area contributed by atoms with Crippen molar-refractivity contribution >= 4 is 0 Å². The van der Waals surface area contributed by atoms with Gasteiger partial charge in [-0.15, -0.1) is 0 Å². The minimum Gasteiger partial charge on any atom is -0.316 e. The normalized spacial score (nSPS) is 17.9. The zero-order chi connectivity index (χ0) is 13.6. The first-order chi connectivity index (χ1) is 9.27. The van der Waals surface area contributed by atoms with Crippen molar-refractivity contribution in [3.05, 3.63) is 59.7 Å². The summed E-state index contributed by atoms with van der Waals surface area (Å²) in [5.41, 5.74) is 2.93. The zero-order valence-electron chi connectivity index (χ0n) is 12.2. The molecule has 0 spiro atoms. The van der Waals surface area contributed by atoms with Gasteiger partial charge in [0.15, 0.2) is 0 Å². The standard InChI is InChI=1S/C18H25N/c1-3-14-19-15-18(2,16-10-6-4-7-11-16)17-12-8-5-9-13-17/h4,6-8,10-13,19H,3,5,9,14-15H2,1-2H3. The van der Waals surface area contributed by atoms with Gasteiger partial charge in [0.05, 0.1) is 0 Å². The molecule has 1 unspecified atom stereocenters. The Hall–Kier alpha value is -1.34. The fraction of sp³-hybridized carbons (Fsp3) is 0.444. The van der Waals surface area contributed by atoms with E-state index in [9.17, 15) is 0 Å². The number of hydrogen-bond acceptors (Lipinski definition) is 1. The summed E-state index contributed by atoms with van der Waals surface area (Å²) in [5, 5.41) is 3.60. The molecular weight excluding hydrogens is 230 g/mol. The predicted octanol–water partition coefficient (Wildman–Crippen LogP) is 4.22. The highest BCUT2D eigenvalue weighted by Gasteiger charge is 2.29. The lowest BCUT2D eigenvalue weighted by Crippen LogP contribution is -2.37. The van der Waals surface area contributed by atoms with E-state index in [0.29, 0.717) is 0 Å². The Morgan fingerprint density at radius 2 is 1.95 bits per heavy atom. The zero-order valence-corrected chi connectivity index (χ0v) is 12.2. The summed E-state index contributed by atoms with van der Waals surface area (Å²) in [6.45, 7) is 6.65. The Morgan fingerprint density at radius 1 is 1.16 bits per heavy atom. The van der Waals surface area contributed by atoms with Crippen LogP contribution in [0.25, 0.3) is 0 Å². The van der Waals surface area contributed by atoms with Crippen LogP contribution >= 0.6 is 0 Å². The third-order valence-corrected chi connectivity index (χ3v) is 3.95. The molecule has 1 aromatic carbocycles. The largest absolute Gasteiger partial charge is 0.316 e. The van der Waals surface area contributed by atoms with Crippen LogP contribution in [0.5, 0.6) is 0 Å². The predicted molar refractivity (Wildman–Crippen MR) is 83.4 cm³/mol. The molecule has 1 aromatic rings. The van der Waals surface area contributed by atoms with Crippen molar-refractivity contribution < 1.29 is 0 Å². The monoisotopic (exact) mass is 255 g/mol. The molecule has 2 rings (SSSR count). The summed E-state index contributed by atoms with van der Waals surface area (Å²) in [5.74, 6) is 0. The van der Waals surface area contributed by atoms with E-state index >= 15 is 0 Å². The van der Waals surface area contributed by atoms with E-state index in [1.54, 1.807) is 0 Å². The van der Waals surface area contributed by atoms with Crippen LogP contribution in [-0.2, 0) is 5.41 Å². The van der Waals surface area contributed by atoms with Gasteiger partial charge in [-0.3, -0.25) is 0 Å². The fourth-order valence-electron chi connectivity index (χ4n) is 2.71. The Kier molecular flexibility index (Phi) is 4.98. The molecule has 0 aromatic heterocycles. The molecule has 1 aliphatic carbocycles. The lowest BCUT2D eigenvalue weighted by atomic mass is 9.74. The lowest BCUT2D eigenvalue weighted by Gasteiger charge is -2.33. The quantitative estimate of drug-likeness (QED) is 0.750. The van der Waals surface area contributed by atoms with Gasteiger partial charge in [-0.2, -0.15) is 0 Å². The number of rotatable bonds is 6. The number of benzene rings is 1. The van der Waals surface area contributed by atoms with Crippen LogP contribution in [0.2, 0.25) is 0 Å². The van der Waals surface area contributed by atoms with Crippen molar-refractivity contribution in [1.29, 1.82) is 0 Å². The summed E-state index contributed by atoms with van der Waals surface area (Å²) < 4.78 is 0. The lowest BCUT2D eigenvalue weighted by molar-refractivity contribution is 0.498. The molecule has 1 atom stereocenters. The minimum absolute atomic E-state index is 0.0767. The molecule has 1 nitrogen and oxygen atoms in total. The van der Waals surface area contributed by atoms with Crippen LogP contribution in [0, 0.1) is 0 Å². The van der Waals surface area contributed by atoms with E-state index in [1.807, 2.05) is 0 Å². The highest BCUT2D eigenvalue weighted by molar-refractivity contribution is 5.42. The summed E-state index contributed by atoms with van der Waals surface area (Å²) >= 11 is 0. The maximum absolute atomic E-state index is 3.60. The fourth-order valence-corrected chi connectivity index (χ4v) is 2.71. The van der Waals surface area contributed by atoms with Crippen LogP contribution in [-0.4, -0.2) is 13.1 Å². The van der Waals surface area contributed by atoms with Gasteiger partial charge in [-0.25, -0.2) is 0 Å². The SMILES string of the molecule is CCCNCC(C)(C1=CCCC=C1)c1ccccc1. The average Bonchev–Trinajstić information content (AvgIpc) is 2.49. The maximum atomic E-state index is 3.60. The molecule has 0 aliphatic heterocycles. The summed E-state index contributed by atoms with van der Waals surface area (Å²) in [4.78, 5) is 0. The van der Waals surface area contributed by atoms with Gasteiger partial charge in [-0.05, 0) is 36.9 Å². The maximum Gasteiger partial charge on any atom is 0.0295 e. The van der Waals surface area contributed by atoms with Crippen molar-refractivity contribution in [1.82, 2.24) is 5.32 Å². The van der Waals surface area contributed by atoms with Crippen LogP contribution in [0.1, 0.15) is 38.7 Å². The van der Waals surface area contributed by atoms with Crippen LogP contribution in [0.15, 0.2) is 54.1 Å². The van der Waals surface area contributed by atoms with E-state index in [1.165, 1.54) is 30.4 Å². The smallest absolute Gasteiger partial charge is 0.0295 e. The number of hydrogen-bond donors (Lipinski definition) is 1. The van der Waals surface area contributed by atoms with E-state index in [-0.39, 0.29) is 5.41 Å². The van der Waals surface area contributed by atoms with E-state index in [4.69, 9.17) is 0 Å². The van der Waals surface area contributed by atoms with Crippen LogP contribution in [0.3, 0.4) is 0 Å². The second kappa shape index (κ2) is 6.72. The molecule has 0 bridgehead atoms. The van der Waals surface area contributed by atoms with Gasteiger partial charge in [-0.1, -0.05) is 62.4 Å². The second-order valence-corrected chi connectivity index (χ2v) is 5.51. The number of allylic oxidation sites excluding steroid dienone is 3. The molecule has 1 aliphatic rings. The molecule has 0 amide bonds. The molecule has 0 saturated carbocycles. The Labute approximate surface area is 117 Å². The molecule has 0 radical (unpaired) electrons. The van der Waals surface area contributed by atoms with Gasteiger partial charge in [0.25, 0.3) is 0 Å². The van der Waals surface area contributed by atoms with Crippen molar-refractivity contribution in [3.8, 4) is 0 Å². The topological polar surface area (TPSA) is 12.0 Å². The first kappa shape index (κ1) is 14.1. The summed E-state index contributed by atoms with van der Waals surface area (Å²) in [6.07, 6.45) is 10.5. The third-order valence-electron chi connectivity index (χ3n) is 3.95. The van der Waals surface area contributed by atoms with Gasteiger partial charge < -0.3 is 5.32 Å². The van der Waals surface area contributed by atoms with E-state index < -0.39 is 0 Å². The first-order valence-electron chi connectivity index (χ1n) is 7.41. The molecule has 1 N–H and O–H groups in total. The second-order valence-electron chi connectivity index (χ2n) is 5.51. The van der Waals surface area contributed by atoms with E-state index in [2.05, 4.69) is 67.7 Å². The first-order valence-corrected chi connectivity index (χ1v) is 7.41. The highest BCUT2D eigenvalue weighted by atomic mass is 14.9. The van der Waals surface area contributed by atoms with Crippen LogP contribution < -0.4 is 5.32 Å². The molecule has 102 valence electrons. The Bertz CT molecular complexity index is 444. The van der Waals surface area contributed by atoms with Gasteiger partial charge in [0.2, 0.25) is 0 Å². The summed E-state index contributed by atoms with van der Waals surface area (Å²) in [6, 6.07) is 10.9. The van der Waals surface area contributed by atoms with Crippen molar-refractivity contribution in [2.75, 3.05) is 13.1 Å². The highest BCUT2D eigenvalue weighted by Crippen LogP contribution is 2.34. The minimum atomic E-state index is 0.0767. The third kappa shape index (κ3) is 3.36. The van der Waals surface area contributed by atoms with Crippen molar-refractivity contribution in [2.24, 2.45) is 0 Å². The van der Waals surface area contributed by atoms with Gasteiger partial charge in [0.1, 0.15) is 0 Å². The van der Waals surface area contributed by atoms with Gasteiger partial charge >= 0.3 is 0 Å². The number of nitrogens with one attached hydrogen (secondary N) is 1. The van der Waals surface area contributed by atoms with Crippen molar-refractivity contribution in [3.63, 3.8) is 0 Å². The van der Waals surface area contributed by atoms with Crippen molar-refractivity contribution in [2.45, 2.75) is 38.5 Å². The van der Waals surface area contributed by atoms with E-state index in [0.717, 1.165) is 13.1 Å². The molecule has 1 heteroatoms. The Morgan fingerprint density at radius 3 is 2.58 bits per heavy atom. The van der Waals surface area contributed by atoms with Gasteiger partial charge in [0, 0.05) is 12.0 Å².